The fourth-order valence-electron chi connectivity index (χ4n) is 3.83. The highest BCUT2D eigenvalue weighted by Gasteiger charge is 2.37. The lowest BCUT2D eigenvalue weighted by Crippen LogP contribution is -2.50. The molecule has 3 heterocycles. The number of aryl methyl sites for hydroxylation is 1. The molecule has 9 heteroatoms. The van der Waals surface area contributed by atoms with Gasteiger partial charge in [-0.05, 0) is 42.7 Å². The van der Waals surface area contributed by atoms with Gasteiger partial charge < -0.3 is 14.5 Å². The van der Waals surface area contributed by atoms with Crippen molar-refractivity contribution in [1.82, 2.24) is 13.7 Å². The lowest BCUT2D eigenvalue weighted by atomic mass is 9.88. The van der Waals surface area contributed by atoms with E-state index in [0.717, 1.165) is 17.0 Å². The number of hydrogen-bond acceptors (Lipinski definition) is 5. The summed E-state index contributed by atoms with van der Waals surface area (Å²) in [6.45, 7) is 9.55. The zero-order chi connectivity index (χ0) is 23.1. The lowest BCUT2D eigenvalue weighted by Gasteiger charge is -2.39. The molecule has 1 unspecified atom stereocenters. The molecule has 0 saturated carbocycles. The van der Waals surface area contributed by atoms with Crippen molar-refractivity contribution in [3.05, 3.63) is 59.0 Å². The molecule has 2 aromatic heterocycles. The van der Waals surface area contributed by atoms with E-state index in [4.69, 9.17) is 16.3 Å². The minimum Gasteiger partial charge on any atom is -0.378 e. The molecule has 1 aromatic carbocycles. The van der Waals surface area contributed by atoms with Gasteiger partial charge in [0.2, 0.25) is 10.0 Å². The summed E-state index contributed by atoms with van der Waals surface area (Å²) < 4.78 is 36.5. The van der Waals surface area contributed by atoms with Crippen LogP contribution >= 0.6 is 11.6 Å². The fraction of sp³-hybridized carbons (Fsp3) is 0.435. The summed E-state index contributed by atoms with van der Waals surface area (Å²) in [5.74, 6) is 0. The molecule has 0 spiro atoms. The topological polar surface area (TPSA) is 75.9 Å². The number of sulfonamides is 1. The highest BCUT2D eigenvalue weighted by molar-refractivity contribution is 7.89. The molecule has 0 radical (unpaired) electrons. The first-order valence-corrected chi connectivity index (χ1v) is 12.5. The van der Waals surface area contributed by atoms with Crippen molar-refractivity contribution < 1.29 is 13.2 Å². The second-order valence-electron chi connectivity index (χ2n) is 9.21. The molecule has 1 aliphatic heterocycles. The largest absolute Gasteiger partial charge is 0.378 e. The number of nitrogens with zero attached hydrogens (tertiary/aromatic N) is 3. The van der Waals surface area contributed by atoms with Crippen LogP contribution in [0.15, 0.2) is 47.5 Å². The SMILES string of the molecule is Cc1cccc2nc(CNc3ccc(Cl)cc3S(=O)(=O)N3CCOC(C(C)(C)C)C3)cn12. The fourth-order valence-corrected chi connectivity index (χ4v) is 5.69. The second kappa shape index (κ2) is 8.67. The van der Waals surface area contributed by atoms with Crippen LogP contribution in [-0.4, -0.2) is 47.9 Å². The third-order valence-corrected chi connectivity index (χ3v) is 7.90. The van der Waals surface area contributed by atoms with Crippen molar-refractivity contribution in [3.63, 3.8) is 0 Å². The monoisotopic (exact) mass is 476 g/mol. The second-order valence-corrected chi connectivity index (χ2v) is 11.6. The number of pyridine rings is 1. The maximum atomic E-state index is 13.6. The van der Waals surface area contributed by atoms with E-state index < -0.39 is 10.0 Å². The molecule has 1 saturated heterocycles. The molecule has 1 aliphatic rings. The molecule has 32 heavy (non-hydrogen) atoms. The Labute approximate surface area is 194 Å². The average Bonchev–Trinajstić information content (AvgIpc) is 3.17. The third kappa shape index (κ3) is 4.64. The van der Waals surface area contributed by atoms with Gasteiger partial charge in [-0.3, -0.25) is 0 Å². The van der Waals surface area contributed by atoms with Gasteiger partial charge in [-0.15, -0.1) is 0 Å². The Bertz CT molecular complexity index is 1230. The highest BCUT2D eigenvalue weighted by Crippen LogP contribution is 2.32. The van der Waals surface area contributed by atoms with Gasteiger partial charge in [-0.1, -0.05) is 38.4 Å². The van der Waals surface area contributed by atoms with Crippen molar-refractivity contribution in [2.24, 2.45) is 5.41 Å². The minimum atomic E-state index is -3.76. The Hall–Kier alpha value is -2.13. The number of anilines is 1. The van der Waals surface area contributed by atoms with E-state index in [-0.39, 0.29) is 16.4 Å². The first-order valence-electron chi connectivity index (χ1n) is 10.6. The normalized spacial score (nSPS) is 18.2. The number of imidazole rings is 1. The molecule has 0 bridgehead atoms. The summed E-state index contributed by atoms with van der Waals surface area (Å²) in [5.41, 5.74) is 3.09. The summed E-state index contributed by atoms with van der Waals surface area (Å²) in [7, 11) is -3.76. The third-order valence-electron chi connectivity index (χ3n) is 5.76. The maximum Gasteiger partial charge on any atom is 0.245 e. The van der Waals surface area contributed by atoms with E-state index in [9.17, 15) is 8.42 Å². The van der Waals surface area contributed by atoms with Crippen molar-refractivity contribution in [3.8, 4) is 0 Å². The van der Waals surface area contributed by atoms with Crippen LogP contribution in [0.3, 0.4) is 0 Å². The number of morpholine rings is 1. The van der Waals surface area contributed by atoms with Crippen LogP contribution in [0.5, 0.6) is 0 Å². The quantitative estimate of drug-likeness (QED) is 0.592. The summed E-state index contributed by atoms with van der Waals surface area (Å²) in [6.07, 6.45) is 1.78. The van der Waals surface area contributed by atoms with Gasteiger partial charge in [0.15, 0.2) is 0 Å². The molecule has 3 aromatic rings. The van der Waals surface area contributed by atoms with E-state index in [1.807, 2.05) is 35.7 Å². The van der Waals surface area contributed by atoms with Crippen LogP contribution in [0.1, 0.15) is 32.2 Å². The Morgan fingerprint density at radius 3 is 2.75 bits per heavy atom. The Kier molecular flexibility index (Phi) is 6.24. The molecular weight excluding hydrogens is 448 g/mol. The van der Waals surface area contributed by atoms with Gasteiger partial charge in [-0.2, -0.15) is 4.31 Å². The van der Waals surface area contributed by atoms with Crippen LogP contribution in [-0.2, 0) is 21.3 Å². The van der Waals surface area contributed by atoms with Gasteiger partial charge >= 0.3 is 0 Å². The lowest BCUT2D eigenvalue weighted by molar-refractivity contribution is -0.0590. The van der Waals surface area contributed by atoms with Gasteiger partial charge in [-0.25, -0.2) is 13.4 Å². The molecule has 172 valence electrons. The number of ether oxygens (including phenoxy) is 1. The molecule has 1 atom stereocenters. The summed E-state index contributed by atoms with van der Waals surface area (Å²) in [5, 5.41) is 3.63. The molecule has 0 aliphatic carbocycles. The van der Waals surface area contributed by atoms with E-state index in [1.165, 1.54) is 10.4 Å². The molecule has 4 rings (SSSR count). The number of fused-ring (bicyclic) bond motifs is 1. The van der Waals surface area contributed by atoms with Crippen molar-refractivity contribution in [2.75, 3.05) is 25.0 Å². The van der Waals surface area contributed by atoms with Gasteiger partial charge in [0.1, 0.15) is 10.5 Å². The first-order chi connectivity index (χ1) is 15.1. The predicted molar refractivity (Wildman–Crippen MR) is 127 cm³/mol. The minimum absolute atomic E-state index is 0.162. The summed E-state index contributed by atoms with van der Waals surface area (Å²) >= 11 is 6.20. The number of benzene rings is 1. The van der Waals surface area contributed by atoms with Crippen LogP contribution in [0, 0.1) is 12.3 Å². The van der Waals surface area contributed by atoms with E-state index in [0.29, 0.717) is 37.0 Å². The number of rotatable bonds is 5. The molecule has 7 nitrogen and oxygen atoms in total. The van der Waals surface area contributed by atoms with Gasteiger partial charge in [0, 0.05) is 30.0 Å². The van der Waals surface area contributed by atoms with Crippen molar-refractivity contribution >= 4 is 33.0 Å². The predicted octanol–water partition coefficient (Wildman–Crippen LogP) is 4.34. The Morgan fingerprint density at radius 1 is 1.25 bits per heavy atom. The van der Waals surface area contributed by atoms with Crippen LogP contribution < -0.4 is 5.32 Å². The summed E-state index contributed by atoms with van der Waals surface area (Å²) in [6, 6.07) is 10.8. The molecule has 1 N–H and O–H groups in total. The average molecular weight is 477 g/mol. The van der Waals surface area contributed by atoms with E-state index in [2.05, 4.69) is 31.1 Å². The smallest absolute Gasteiger partial charge is 0.245 e. The van der Waals surface area contributed by atoms with Crippen LogP contribution in [0.2, 0.25) is 5.02 Å². The zero-order valence-electron chi connectivity index (χ0n) is 18.8. The number of aromatic nitrogens is 2. The number of hydrogen-bond donors (Lipinski definition) is 1. The number of halogens is 1. The van der Waals surface area contributed by atoms with Gasteiger partial charge in [0.25, 0.3) is 0 Å². The maximum absolute atomic E-state index is 13.6. The zero-order valence-corrected chi connectivity index (χ0v) is 20.4. The Morgan fingerprint density at radius 2 is 2.03 bits per heavy atom. The summed E-state index contributed by atoms with van der Waals surface area (Å²) in [4.78, 5) is 4.79. The van der Waals surface area contributed by atoms with Crippen LogP contribution in [0.4, 0.5) is 5.69 Å². The first kappa shape index (κ1) is 23.0. The molecule has 1 fully saturated rings. The van der Waals surface area contributed by atoms with Crippen molar-refractivity contribution in [2.45, 2.75) is 45.2 Å². The Balaban J connectivity index is 1.60. The van der Waals surface area contributed by atoms with Crippen LogP contribution in [0.25, 0.3) is 5.65 Å². The van der Waals surface area contributed by atoms with E-state index >= 15 is 0 Å². The van der Waals surface area contributed by atoms with E-state index in [1.54, 1.807) is 12.1 Å². The molecular formula is C23H29ClN4O3S. The highest BCUT2D eigenvalue weighted by atomic mass is 35.5. The molecule has 0 amide bonds. The van der Waals surface area contributed by atoms with Crippen molar-refractivity contribution in [1.29, 1.82) is 0 Å². The standard InChI is InChI=1S/C23H29ClN4O3S/c1-16-6-5-7-22-26-18(14-28(16)22)13-25-19-9-8-17(24)12-20(19)32(29,30)27-10-11-31-21(15-27)23(2,3)4/h5-9,12,14,21,25H,10-11,13,15H2,1-4H3. The van der Waals surface area contributed by atoms with Gasteiger partial charge in [0.05, 0.1) is 30.6 Å². The number of nitrogens with one attached hydrogen (secondary N) is 1.